The molecule has 0 unspecified atom stereocenters. The molecule has 0 saturated carbocycles. The lowest BCUT2D eigenvalue weighted by molar-refractivity contribution is 0.286. The van der Waals surface area contributed by atoms with Crippen molar-refractivity contribution in [1.29, 1.82) is 0 Å². The molecule has 24 heavy (non-hydrogen) atoms. The fraction of sp³-hybridized carbons (Fsp3) is 0.619. The second kappa shape index (κ2) is 13.3. The average molecular weight is 394 g/mol. The van der Waals surface area contributed by atoms with Gasteiger partial charge in [0, 0.05) is 11.4 Å². The first-order valence-electron chi connectivity index (χ1n) is 9.08. The lowest BCUT2D eigenvalue weighted by Crippen LogP contribution is -2.31. The number of rotatable bonds is 13. The quantitative estimate of drug-likeness (QED) is 0.256. The van der Waals surface area contributed by atoms with Gasteiger partial charge in [-0.05, 0) is 50.9 Å². The van der Waals surface area contributed by atoms with Crippen LogP contribution in [0.15, 0.2) is 24.3 Å². The van der Waals surface area contributed by atoms with Crippen molar-refractivity contribution in [2.24, 2.45) is 0 Å². The molecule has 3 heteroatoms. The zero-order valence-corrected chi connectivity index (χ0v) is 16.9. The summed E-state index contributed by atoms with van der Waals surface area (Å²) in [6, 6.07) is 8.93. The van der Waals surface area contributed by atoms with Crippen LogP contribution in [-0.2, 0) is 6.42 Å². The van der Waals surface area contributed by atoms with E-state index in [2.05, 4.69) is 65.0 Å². The maximum absolute atomic E-state index is 5.84. The van der Waals surface area contributed by atoms with Gasteiger partial charge in [0.25, 0.3) is 0 Å². The highest BCUT2D eigenvalue weighted by atomic mass is 79.9. The van der Waals surface area contributed by atoms with Crippen molar-refractivity contribution >= 4 is 15.9 Å². The zero-order valence-electron chi connectivity index (χ0n) is 15.3. The van der Waals surface area contributed by atoms with Crippen LogP contribution < -0.4 is 4.74 Å². The van der Waals surface area contributed by atoms with Crippen LogP contribution in [0, 0.1) is 12.3 Å². The van der Waals surface area contributed by atoms with Gasteiger partial charge >= 0.3 is 0 Å². The van der Waals surface area contributed by atoms with Crippen LogP contribution in [0.1, 0.15) is 51.0 Å². The summed E-state index contributed by atoms with van der Waals surface area (Å²) in [7, 11) is 2.07. The lowest BCUT2D eigenvalue weighted by atomic mass is 10.1. The highest BCUT2D eigenvalue weighted by Crippen LogP contribution is 2.15. The predicted molar refractivity (Wildman–Crippen MR) is 108 cm³/mol. The number of halogens is 1. The van der Waals surface area contributed by atoms with E-state index in [9.17, 15) is 0 Å². The van der Waals surface area contributed by atoms with Crippen LogP contribution in [0.25, 0.3) is 0 Å². The maximum atomic E-state index is 5.84. The van der Waals surface area contributed by atoms with Crippen molar-refractivity contribution in [3.8, 4) is 18.1 Å². The number of hydrogen-bond donors (Lipinski definition) is 0. The van der Waals surface area contributed by atoms with Gasteiger partial charge in [-0.15, -0.1) is 6.42 Å². The number of terminal acetylenes is 1. The molecule has 0 N–H and O–H groups in total. The molecule has 0 radical (unpaired) electrons. The normalized spacial score (nSPS) is 12.1. The van der Waals surface area contributed by atoms with Crippen molar-refractivity contribution in [2.75, 3.05) is 25.5 Å². The van der Waals surface area contributed by atoms with Crippen molar-refractivity contribution in [3.05, 3.63) is 29.8 Å². The molecule has 134 valence electrons. The molecule has 0 aliphatic heterocycles. The Balaban J connectivity index is 2.19. The van der Waals surface area contributed by atoms with E-state index in [1.165, 1.54) is 37.7 Å². The Morgan fingerprint density at radius 3 is 2.33 bits per heavy atom. The number of nitrogens with zero attached hydrogens (tertiary/aromatic N) is 1. The van der Waals surface area contributed by atoms with Crippen LogP contribution in [0.4, 0.5) is 0 Å². The summed E-state index contributed by atoms with van der Waals surface area (Å²) in [5, 5.41) is 1.13. The molecule has 0 spiro atoms. The minimum atomic E-state index is 0.442. The van der Waals surface area contributed by atoms with Gasteiger partial charge in [0.15, 0.2) is 0 Å². The Morgan fingerprint density at radius 1 is 1.08 bits per heavy atom. The summed E-state index contributed by atoms with van der Waals surface area (Å²) in [4.78, 5) is 2.20. The highest BCUT2D eigenvalue weighted by molar-refractivity contribution is 9.09. The molecule has 0 fully saturated rings. The van der Waals surface area contributed by atoms with E-state index in [1.807, 2.05) is 0 Å². The molecule has 0 bridgehead atoms. The molecule has 0 aromatic heterocycles. The number of likely N-dealkylation sites (N-methyl/N-ethyl adjacent to an activating group) is 1. The molecule has 1 atom stereocenters. The van der Waals surface area contributed by atoms with Gasteiger partial charge in [-0.1, -0.05) is 59.7 Å². The maximum Gasteiger partial charge on any atom is 0.119 e. The third kappa shape index (κ3) is 9.35. The molecule has 0 heterocycles. The number of benzene rings is 1. The monoisotopic (exact) mass is 393 g/mol. The third-order valence-corrected chi connectivity index (χ3v) is 4.91. The van der Waals surface area contributed by atoms with E-state index in [-0.39, 0.29) is 0 Å². The van der Waals surface area contributed by atoms with Gasteiger partial charge < -0.3 is 4.74 Å². The Bertz CT molecular complexity index is 466. The number of unbranched alkanes of at least 4 members (excludes halogenated alkanes) is 5. The molecule has 1 aromatic carbocycles. The van der Waals surface area contributed by atoms with Gasteiger partial charge in [0.05, 0.1) is 13.2 Å². The Hall–Kier alpha value is -0.980. The van der Waals surface area contributed by atoms with Crippen LogP contribution in [0.2, 0.25) is 0 Å². The number of hydrogen-bond acceptors (Lipinski definition) is 2. The smallest absolute Gasteiger partial charge is 0.119 e. The molecule has 0 aliphatic rings. The summed E-state index contributed by atoms with van der Waals surface area (Å²) in [6.07, 6.45) is 14.1. The second-order valence-corrected chi connectivity index (χ2v) is 7.27. The molecule has 0 saturated heterocycles. The summed E-state index contributed by atoms with van der Waals surface area (Å²) in [5.41, 5.74) is 1.32. The highest BCUT2D eigenvalue weighted by Gasteiger charge is 2.08. The minimum Gasteiger partial charge on any atom is -0.494 e. The van der Waals surface area contributed by atoms with Crippen molar-refractivity contribution in [3.63, 3.8) is 0 Å². The van der Waals surface area contributed by atoms with Crippen LogP contribution in [0.3, 0.4) is 0 Å². The molecule has 0 amide bonds. The van der Waals surface area contributed by atoms with E-state index in [0.717, 1.165) is 30.5 Å². The van der Waals surface area contributed by atoms with Gasteiger partial charge in [-0.3, -0.25) is 4.90 Å². The van der Waals surface area contributed by atoms with Crippen LogP contribution in [-0.4, -0.2) is 36.5 Å². The third-order valence-electron chi connectivity index (χ3n) is 4.34. The van der Waals surface area contributed by atoms with Crippen molar-refractivity contribution in [2.45, 2.75) is 57.9 Å². The summed E-state index contributed by atoms with van der Waals surface area (Å²) < 4.78 is 5.84. The minimum absolute atomic E-state index is 0.442. The molecular formula is C21H32BrNO. The second-order valence-electron chi connectivity index (χ2n) is 6.48. The number of ether oxygens (including phenoxy) is 1. The standard InChI is InChI=1S/C21H32BrNO/c1-4-16-23(3)19(2)18-20-11-13-21(14-12-20)24-17-10-8-6-5-7-9-15-22/h1,11-14,19H,5-10,15-18H2,2-3H3/t19-/m1/s1. The van der Waals surface area contributed by atoms with Crippen molar-refractivity contribution in [1.82, 2.24) is 4.90 Å². The Kier molecular flexibility index (Phi) is 11.7. The first kappa shape index (κ1) is 21.1. The van der Waals surface area contributed by atoms with Crippen LogP contribution >= 0.6 is 15.9 Å². The predicted octanol–water partition coefficient (Wildman–Crippen LogP) is 5.30. The number of alkyl halides is 1. The van der Waals surface area contributed by atoms with Gasteiger partial charge in [0.1, 0.15) is 5.75 Å². The molecular weight excluding hydrogens is 362 g/mol. The first-order chi connectivity index (χ1) is 11.7. The van der Waals surface area contributed by atoms with E-state index in [0.29, 0.717) is 12.6 Å². The van der Waals surface area contributed by atoms with E-state index in [1.54, 1.807) is 0 Å². The Morgan fingerprint density at radius 2 is 1.71 bits per heavy atom. The lowest BCUT2D eigenvalue weighted by Gasteiger charge is -2.22. The largest absolute Gasteiger partial charge is 0.494 e. The average Bonchev–Trinajstić information content (AvgIpc) is 2.59. The molecule has 2 nitrogen and oxygen atoms in total. The summed E-state index contributed by atoms with van der Waals surface area (Å²) in [6.45, 7) is 3.72. The Labute approximate surface area is 157 Å². The topological polar surface area (TPSA) is 12.5 Å². The zero-order chi connectivity index (χ0) is 17.6. The van der Waals surface area contributed by atoms with Crippen LogP contribution in [0.5, 0.6) is 5.75 Å². The van der Waals surface area contributed by atoms with E-state index < -0.39 is 0 Å². The van der Waals surface area contributed by atoms with Gasteiger partial charge in [-0.25, -0.2) is 0 Å². The first-order valence-corrected chi connectivity index (χ1v) is 10.2. The van der Waals surface area contributed by atoms with Gasteiger partial charge in [-0.2, -0.15) is 0 Å². The summed E-state index contributed by atoms with van der Waals surface area (Å²) in [5.74, 6) is 3.67. The van der Waals surface area contributed by atoms with Crippen molar-refractivity contribution < 1.29 is 4.74 Å². The van der Waals surface area contributed by atoms with E-state index >= 15 is 0 Å². The fourth-order valence-corrected chi connectivity index (χ4v) is 3.01. The summed E-state index contributed by atoms with van der Waals surface area (Å²) >= 11 is 3.47. The SMILES string of the molecule is C#CCN(C)[C@H](C)Cc1ccc(OCCCCCCCCBr)cc1. The van der Waals surface area contributed by atoms with Gasteiger partial charge in [0.2, 0.25) is 0 Å². The fourth-order valence-electron chi connectivity index (χ4n) is 2.61. The molecule has 1 aromatic rings. The molecule has 1 rings (SSSR count). The molecule has 0 aliphatic carbocycles. The van der Waals surface area contributed by atoms with E-state index in [4.69, 9.17) is 11.2 Å².